The Kier molecular flexibility index (Phi) is 4.68. The van der Waals surface area contributed by atoms with Gasteiger partial charge in [0.2, 0.25) is 0 Å². The molecule has 0 saturated heterocycles. The predicted octanol–water partition coefficient (Wildman–Crippen LogP) is 2.63. The predicted molar refractivity (Wildman–Crippen MR) is 72.3 cm³/mol. The SMILES string of the molecule is CSCC(C)Nc1ccc(N)c(C(C)=O)c1. The fraction of sp³-hybridized carbons (Fsp3) is 0.417. The van der Waals surface area contributed by atoms with Crippen LogP contribution in [0.15, 0.2) is 18.2 Å². The molecule has 1 aromatic rings. The van der Waals surface area contributed by atoms with E-state index >= 15 is 0 Å². The van der Waals surface area contributed by atoms with E-state index in [1.165, 1.54) is 6.92 Å². The summed E-state index contributed by atoms with van der Waals surface area (Å²) in [6.07, 6.45) is 2.07. The lowest BCUT2D eigenvalue weighted by molar-refractivity contribution is 0.101. The summed E-state index contributed by atoms with van der Waals surface area (Å²) < 4.78 is 0. The number of hydrogen-bond donors (Lipinski definition) is 2. The van der Waals surface area contributed by atoms with Gasteiger partial charge in [0.1, 0.15) is 0 Å². The zero-order chi connectivity index (χ0) is 12.1. The topological polar surface area (TPSA) is 55.1 Å². The molecule has 0 aliphatic rings. The molecule has 88 valence electrons. The number of hydrogen-bond acceptors (Lipinski definition) is 4. The molecule has 0 saturated carbocycles. The average Bonchev–Trinajstić information content (AvgIpc) is 2.21. The molecule has 0 bridgehead atoms. The van der Waals surface area contributed by atoms with Crippen LogP contribution in [0.4, 0.5) is 11.4 Å². The van der Waals surface area contributed by atoms with Crippen LogP contribution in [0.3, 0.4) is 0 Å². The summed E-state index contributed by atoms with van der Waals surface area (Å²) in [6.45, 7) is 3.64. The second-order valence-electron chi connectivity index (χ2n) is 3.86. The molecule has 0 radical (unpaired) electrons. The molecule has 1 aromatic carbocycles. The highest BCUT2D eigenvalue weighted by Crippen LogP contribution is 2.19. The molecule has 1 unspecified atom stereocenters. The summed E-state index contributed by atoms with van der Waals surface area (Å²) in [5.74, 6) is 1.03. The molecule has 0 aromatic heterocycles. The first-order chi connectivity index (χ1) is 7.54. The van der Waals surface area contributed by atoms with Crippen LogP contribution >= 0.6 is 11.8 Å². The van der Waals surface area contributed by atoms with Gasteiger partial charge in [0.05, 0.1) is 0 Å². The van der Waals surface area contributed by atoms with Crippen molar-refractivity contribution in [1.29, 1.82) is 0 Å². The second kappa shape index (κ2) is 5.80. The van der Waals surface area contributed by atoms with Crippen molar-refractivity contribution in [3.05, 3.63) is 23.8 Å². The minimum atomic E-state index is -0.00123. The van der Waals surface area contributed by atoms with Crippen molar-refractivity contribution in [2.45, 2.75) is 19.9 Å². The van der Waals surface area contributed by atoms with Gasteiger partial charge in [-0.25, -0.2) is 0 Å². The number of carbonyl (C=O) groups excluding carboxylic acids is 1. The van der Waals surface area contributed by atoms with Gasteiger partial charge in [-0.2, -0.15) is 11.8 Å². The molecule has 1 rings (SSSR count). The first kappa shape index (κ1) is 12.9. The highest BCUT2D eigenvalue weighted by Gasteiger charge is 2.07. The number of carbonyl (C=O) groups is 1. The molecule has 16 heavy (non-hydrogen) atoms. The van der Waals surface area contributed by atoms with E-state index in [1.807, 2.05) is 12.1 Å². The maximum absolute atomic E-state index is 11.3. The van der Waals surface area contributed by atoms with E-state index in [0.29, 0.717) is 17.3 Å². The van der Waals surface area contributed by atoms with Crippen molar-refractivity contribution in [2.75, 3.05) is 23.1 Å². The Bertz CT molecular complexity index is 379. The lowest BCUT2D eigenvalue weighted by Gasteiger charge is -2.15. The van der Waals surface area contributed by atoms with E-state index < -0.39 is 0 Å². The maximum Gasteiger partial charge on any atom is 0.161 e. The Morgan fingerprint density at radius 3 is 2.81 bits per heavy atom. The Morgan fingerprint density at radius 1 is 1.56 bits per heavy atom. The van der Waals surface area contributed by atoms with Crippen LogP contribution in [0.2, 0.25) is 0 Å². The van der Waals surface area contributed by atoms with E-state index in [2.05, 4.69) is 18.5 Å². The first-order valence-corrected chi connectivity index (χ1v) is 6.60. The number of thioether (sulfide) groups is 1. The van der Waals surface area contributed by atoms with Crippen LogP contribution in [-0.2, 0) is 0 Å². The standard InChI is InChI=1S/C12H18N2OS/c1-8(7-16-3)14-10-4-5-12(13)11(6-10)9(2)15/h4-6,8,14H,7,13H2,1-3H3. The molecule has 4 heteroatoms. The number of rotatable bonds is 5. The molecular weight excluding hydrogens is 220 g/mol. The van der Waals surface area contributed by atoms with Crippen molar-refractivity contribution >= 4 is 28.9 Å². The van der Waals surface area contributed by atoms with Gasteiger partial charge in [-0.3, -0.25) is 4.79 Å². The molecule has 0 aliphatic carbocycles. The van der Waals surface area contributed by atoms with Gasteiger partial charge < -0.3 is 11.1 Å². The smallest absolute Gasteiger partial charge is 0.161 e. The van der Waals surface area contributed by atoms with Crippen LogP contribution in [-0.4, -0.2) is 23.8 Å². The third kappa shape index (κ3) is 3.45. The number of benzene rings is 1. The number of nitrogens with one attached hydrogen (secondary N) is 1. The first-order valence-electron chi connectivity index (χ1n) is 5.20. The third-order valence-electron chi connectivity index (χ3n) is 2.26. The van der Waals surface area contributed by atoms with Gasteiger partial charge in [-0.15, -0.1) is 0 Å². The molecule has 3 nitrogen and oxygen atoms in total. The highest BCUT2D eigenvalue weighted by molar-refractivity contribution is 7.98. The minimum absolute atomic E-state index is 0.00123. The normalized spacial score (nSPS) is 12.2. The molecule has 0 aliphatic heterocycles. The van der Waals surface area contributed by atoms with Gasteiger partial charge in [0, 0.05) is 28.7 Å². The monoisotopic (exact) mass is 238 g/mol. The minimum Gasteiger partial charge on any atom is -0.398 e. The number of Topliss-reactive ketones (excluding diaryl/α,β-unsaturated/α-hetero) is 1. The van der Waals surface area contributed by atoms with Gasteiger partial charge in [0.25, 0.3) is 0 Å². The highest BCUT2D eigenvalue weighted by atomic mass is 32.2. The van der Waals surface area contributed by atoms with Crippen LogP contribution in [0, 0.1) is 0 Å². The summed E-state index contributed by atoms with van der Waals surface area (Å²) in [5.41, 5.74) is 7.79. The molecular formula is C12H18N2OS. The maximum atomic E-state index is 11.3. The summed E-state index contributed by atoms with van der Waals surface area (Å²) in [7, 11) is 0. The van der Waals surface area contributed by atoms with Crippen molar-refractivity contribution in [2.24, 2.45) is 0 Å². The molecule has 0 amide bonds. The Morgan fingerprint density at radius 2 is 2.25 bits per heavy atom. The van der Waals surface area contributed by atoms with E-state index in [9.17, 15) is 4.79 Å². The summed E-state index contributed by atoms with van der Waals surface area (Å²) in [5, 5.41) is 3.34. The largest absolute Gasteiger partial charge is 0.398 e. The molecule has 0 heterocycles. The summed E-state index contributed by atoms with van der Waals surface area (Å²) >= 11 is 1.79. The Hall–Kier alpha value is -1.16. The fourth-order valence-electron chi connectivity index (χ4n) is 1.53. The zero-order valence-electron chi connectivity index (χ0n) is 9.91. The Labute approximate surface area is 101 Å². The van der Waals surface area contributed by atoms with E-state index in [4.69, 9.17) is 5.73 Å². The van der Waals surface area contributed by atoms with Crippen LogP contribution in [0.25, 0.3) is 0 Å². The summed E-state index contributed by atoms with van der Waals surface area (Å²) in [6, 6.07) is 5.86. The third-order valence-corrected chi connectivity index (χ3v) is 3.10. The molecule has 0 fully saturated rings. The quantitative estimate of drug-likeness (QED) is 0.611. The van der Waals surface area contributed by atoms with Crippen molar-refractivity contribution in [1.82, 2.24) is 0 Å². The molecule has 0 spiro atoms. The Balaban J connectivity index is 2.82. The lowest BCUT2D eigenvalue weighted by Crippen LogP contribution is -2.18. The van der Waals surface area contributed by atoms with Gasteiger partial charge in [0.15, 0.2) is 5.78 Å². The lowest BCUT2D eigenvalue weighted by atomic mass is 10.1. The van der Waals surface area contributed by atoms with Gasteiger partial charge in [-0.1, -0.05) is 0 Å². The fourth-order valence-corrected chi connectivity index (χ4v) is 2.11. The van der Waals surface area contributed by atoms with Crippen LogP contribution in [0.1, 0.15) is 24.2 Å². The molecule has 3 N–H and O–H groups in total. The molecule has 1 atom stereocenters. The van der Waals surface area contributed by atoms with E-state index in [0.717, 1.165) is 11.4 Å². The number of nitrogen functional groups attached to an aromatic ring is 1. The van der Waals surface area contributed by atoms with E-state index in [-0.39, 0.29) is 5.78 Å². The van der Waals surface area contributed by atoms with Crippen LogP contribution in [0.5, 0.6) is 0 Å². The zero-order valence-corrected chi connectivity index (χ0v) is 10.7. The van der Waals surface area contributed by atoms with Crippen molar-refractivity contribution in [3.8, 4) is 0 Å². The number of anilines is 2. The summed E-state index contributed by atoms with van der Waals surface area (Å²) in [4.78, 5) is 11.3. The van der Waals surface area contributed by atoms with Crippen LogP contribution < -0.4 is 11.1 Å². The van der Waals surface area contributed by atoms with Crippen molar-refractivity contribution in [3.63, 3.8) is 0 Å². The number of nitrogens with two attached hydrogens (primary N) is 1. The van der Waals surface area contributed by atoms with Gasteiger partial charge in [-0.05, 0) is 38.3 Å². The van der Waals surface area contributed by atoms with Crippen molar-refractivity contribution < 1.29 is 4.79 Å². The second-order valence-corrected chi connectivity index (χ2v) is 4.77. The van der Waals surface area contributed by atoms with Gasteiger partial charge >= 0.3 is 0 Å². The average molecular weight is 238 g/mol. The van der Waals surface area contributed by atoms with E-state index in [1.54, 1.807) is 17.8 Å². The number of ketones is 1.